The van der Waals surface area contributed by atoms with E-state index in [-0.39, 0.29) is 0 Å². The molecule has 2 atom stereocenters. The molecule has 0 saturated carbocycles. The molecule has 1 heteroatoms. The van der Waals surface area contributed by atoms with Gasteiger partial charge < -0.3 is 0 Å². The van der Waals surface area contributed by atoms with Crippen LogP contribution in [0.15, 0.2) is 66.5 Å². The monoisotopic (exact) mass is 359 g/mol. The van der Waals surface area contributed by atoms with Crippen LogP contribution in [-0.4, -0.2) is 4.98 Å². The summed E-state index contributed by atoms with van der Waals surface area (Å²) in [7, 11) is 0. The van der Waals surface area contributed by atoms with Crippen molar-refractivity contribution < 1.29 is 0 Å². The molecule has 27 heavy (non-hydrogen) atoms. The van der Waals surface area contributed by atoms with Crippen LogP contribution in [0.5, 0.6) is 0 Å². The predicted octanol–water partition coefficient (Wildman–Crippen LogP) is 7.50. The van der Waals surface area contributed by atoms with Gasteiger partial charge in [-0.3, -0.25) is 4.98 Å². The lowest BCUT2D eigenvalue weighted by Crippen LogP contribution is -2.17. The zero-order valence-corrected chi connectivity index (χ0v) is 17.2. The summed E-state index contributed by atoms with van der Waals surface area (Å²) in [4.78, 5) is 4.21. The molecule has 3 rings (SSSR count). The first-order valence-electron chi connectivity index (χ1n) is 10.5. The minimum absolute atomic E-state index is 0.446. The molecular weight excluding hydrogens is 326 g/mol. The van der Waals surface area contributed by atoms with Crippen molar-refractivity contribution >= 4 is 0 Å². The molecule has 0 spiro atoms. The molecule has 1 nitrogen and oxygen atoms in total. The van der Waals surface area contributed by atoms with Crippen molar-refractivity contribution in [2.24, 2.45) is 5.92 Å². The van der Waals surface area contributed by atoms with Crippen LogP contribution >= 0.6 is 0 Å². The van der Waals surface area contributed by atoms with E-state index in [2.05, 4.69) is 68.7 Å². The largest absolute Gasteiger partial charge is 0.265 e. The van der Waals surface area contributed by atoms with Crippen LogP contribution in [0.4, 0.5) is 0 Å². The molecule has 2 unspecified atom stereocenters. The molecular formula is C26H33N. The molecule has 0 fully saturated rings. The summed E-state index contributed by atoms with van der Waals surface area (Å²) in [5.74, 6) is 0.992. The highest BCUT2D eigenvalue weighted by molar-refractivity contribution is 5.68. The topological polar surface area (TPSA) is 12.9 Å². The van der Waals surface area contributed by atoms with Gasteiger partial charge in [0.05, 0.1) is 0 Å². The molecule has 1 aliphatic carbocycles. The third-order valence-corrected chi connectivity index (χ3v) is 5.94. The van der Waals surface area contributed by atoms with E-state index in [1.807, 2.05) is 12.4 Å². The number of pyridine rings is 1. The van der Waals surface area contributed by atoms with Gasteiger partial charge in [0.25, 0.3) is 0 Å². The minimum atomic E-state index is 0.446. The smallest absolute Gasteiger partial charge is 0.0273 e. The maximum absolute atomic E-state index is 4.29. The standard InChI is InChI=1S/C26H33N/c1-5-6-7-8-21-10-11-23(18-25(21)22-13-15-27-16-14-22)26-17-20(4)9-12-24(26)19(2)3/h10-11,13-18,24,26H,2,5-9,12H2,1,3-4H3. The second-order valence-electron chi connectivity index (χ2n) is 8.14. The third kappa shape index (κ3) is 4.77. The summed E-state index contributed by atoms with van der Waals surface area (Å²) >= 11 is 0. The highest BCUT2D eigenvalue weighted by Gasteiger charge is 2.26. The summed E-state index contributed by atoms with van der Waals surface area (Å²) in [5.41, 5.74) is 8.36. The number of aryl methyl sites for hydroxylation is 1. The van der Waals surface area contributed by atoms with Gasteiger partial charge in [-0.1, -0.05) is 61.8 Å². The van der Waals surface area contributed by atoms with Gasteiger partial charge in [-0.2, -0.15) is 0 Å². The van der Waals surface area contributed by atoms with Gasteiger partial charge in [0.2, 0.25) is 0 Å². The van der Waals surface area contributed by atoms with Crippen LogP contribution < -0.4 is 0 Å². The molecule has 0 bridgehead atoms. The van der Waals surface area contributed by atoms with E-state index in [0.717, 1.165) is 6.42 Å². The lowest BCUT2D eigenvalue weighted by atomic mass is 9.73. The van der Waals surface area contributed by atoms with Gasteiger partial charge in [-0.25, -0.2) is 0 Å². The number of benzene rings is 1. The van der Waals surface area contributed by atoms with Crippen LogP contribution in [0.25, 0.3) is 11.1 Å². The minimum Gasteiger partial charge on any atom is -0.265 e. The van der Waals surface area contributed by atoms with E-state index < -0.39 is 0 Å². The Bertz CT molecular complexity index is 800. The normalized spacial score (nSPS) is 19.6. The summed E-state index contributed by atoms with van der Waals surface area (Å²) in [6.07, 6.45) is 13.6. The van der Waals surface area contributed by atoms with E-state index in [0.29, 0.717) is 11.8 Å². The molecule has 1 aromatic carbocycles. The molecule has 0 N–H and O–H groups in total. The van der Waals surface area contributed by atoms with Crippen LogP contribution in [-0.2, 0) is 6.42 Å². The van der Waals surface area contributed by atoms with E-state index in [4.69, 9.17) is 0 Å². The SMILES string of the molecule is C=C(C)C1CCC(C)=CC1c1ccc(CCCCC)c(-c2ccncc2)c1. The van der Waals surface area contributed by atoms with E-state index >= 15 is 0 Å². The Balaban J connectivity index is 2.01. The average Bonchev–Trinajstić information content (AvgIpc) is 2.68. The Labute approximate surface area is 165 Å². The van der Waals surface area contributed by atoms with Gasteiger partial charge in [-0.15, -0.1) is 0 Å². The highest BCUT2D eigenvalue weighted by Crippen LogP contribution is 2.41. The Morgan fingerprint density at radius 3 is 2.63 bits per heavy atom. The van der Waals surface area contributed by atoms with Gasteiger partial charge in [0.15, 0.2) is 0 Å². The summed E-state index contributed by atoms with van der Waals surface area (Å²) in [5, 5.41) is 0. The number of hydrogen-bond donors (Lipinski definition) is 0. The van der Waals surface area contributed by atoms with Crippen LogP contribution in [0.1, 0.15) is 69.9 Å². The van der Waals surface area contributed by atoms with Gasteiger partial charge >= 0.3 is 0 Å². The Kier molecular flexibility index (Phi) is 6.66. The number of rotatable bonds is 7. The third-order valence-electron chi connectivity index (χ3n) is 5.94. The second kappa shape index (κ2) is 9.17. The zero-order chi connectivity index (χ0) is 19.2. The molecule has 0 radical (unpaired) electrons. The number of hydrogen-bond acceptors (Lipinski definition) is 1. The maximum Gasteiger partial charge on any atom is 0.0273 e. The van der Waals surface area contributed by atoms with Crippen molar-refractivity contribution in [2.45, 2.75) is 65.2 Å². The summed E-state index contributed by atoms with van der Waals surface area (Å²) < 4.78 is 0. The molecule has 0 saturated heterocycles. The highest BCUT2D eigenvalue weighted by atomic mass is 14.6. The van der Waals surface area contributed by atoms with Gasteiger partial charge in [-0.05, 0) is 79.8 Å². The first kappa shape index (κ1) is 19.6. The van der Waals surface area contributed by atoms with Crippen molar-refractivity contribution in [3.63, 3.8) is 0 Å². The number of unbranched alkanes of at least 4 members (excludes halogenated alkanes) is 2. The van der Waals surface area contributed by atoms with Crippen LogP contribution in [0.3, 0.4) is 0 Å². The fourth-order valence-corrected chi connectivity index (χ4v) is 4.34. The van der Waals surface area contributed by atoms with Crippen molar-refractivity contribution in [1.82, 2.24) is 4.98 Å². The Hall–Kier alpha value is -2.15. The molecule has 2 aromatic rings. The van der Waals surface area contributed by atoms with Gasteiger partial charge in [0, 0.05) is 18.3 Å². The molecule has 1 aliphatic rings. The summed E-state index contributed by atoms with van der Waals surface area (Å²) in [6, 6.07) is 11.4. The number of nitrogens with zero attached hydrogens (tertiary/aromatic N) is 1. The van der Waals surface area contributed by atoms with Crippen molar-refractivity contribution in [3.05, 3.63) is 77.7 Å². The predicted molar refractivity (Wildman–Crippen MR) is 117 cm³/mol. The van der Waals surface area contributed by atoms with Gasteiger partial charge in [0.1, 0.15) is 0 Å². The second-order valence-corrected chi connectivity index (χ2v) is 8.14. The Morgan fingerprint density at radius 1 is 1.15 bits per heavy atom. The molecule has 0 amide bonds. The first-order valence-corrected chi connectivity index (χ1v) is 10.5. The van der Waals surface area contributed by atoms with Crippen LogP contribution in [0, 0.1) is 5.92 Å². The zero-order valence-electron chi connectivity index (χ0n) is 17.2. The molecule has 0 aliphatic heterocycles. The fourth-order valence-electron chi connectivity index (χ4n) is 4.34. The first-order chi connectivity index (χ1) is 13.1. The fraction of sp³-hybridized carbons (Fsp3) is 0.423. The van der Waals surface area contributed by atoms with Crippen molar-refractivity contribution in [2.75, 3.05) is 0 Å². The Morgan fingerprint density at radius 2 is 1.93 bits per heavy atom. The van der Waals surface area contributed by atoms with E-state index in [1.54, 1.807) is 0 Å². The summed E-state index contributed by atoms with van der Waals surface area (Å²) in [6.45, 7) is 11.0. The van der Waals surface area contributed by atoms with Crippen LogP contribution in [0.2, 0.25) is 0 Å². The molecule has 1 heterocycles. The maximum atomic E-state index is 4.29. The number of aromatic nitrogens is 1. The van der Waals surface area contributed by atoms with Crippen molar-refractivity contribution in [1.29, 1.82) is 0 Å². The molecule has 142 valence electrons. The van der Waals surface area contributed by atoms with Crippen molar-refractivity contribution in [3.8, 4) is 11.1 Å². The number of allylic oxidation sites excluding steroid dienone is 3. The quantitative estimate of drug-likeness (QED) is 0.368. The van der Waals surface area contributed by atoms with E-state index in [9.17, 15) is 0 Å². The lowest BCUT2D eigenvalue weighted by molar-refractivity contribution is 0.483. The molecule has 1 aromatic heterocycles. The average molecular weight is 360 g/mol. The van der Waals surface area contributed by atoms with E-state index in [1.165, 1.54) is 65.5 Å². The lowest BCUT2D eigenvalue weighted by Gasteiger charge is -2.31.